The van der Waals surface area contributed by atoms with Gasteiger partial charge in [-0.3, -0.25) is 0 Å². The Morgan fingerprint density at radius 1 is 1.20 bits per heavy atom. The molecular weight excluding hydrogens is 324 g/mol. The number of nitrogens with one attached hydrogen (secondary N) is 2. The molecule has 0 fully saturated rings. The molecule has 0 heterocycles. The molecule has 0 aliphatic carbocycles. The number of carbonyl (C=O) groups is 2. The van der Waals surface area contributed by atoms with Gasteiger partial charge in [0.2, 0.25) is 0 Å². The van der Waals surface area contributed by atoms with Crippen molar-refractivity contribution in [3.63, 3.8) is 0 Å². The van der Waals surface area contributed by atoms with Crippen molar-refractivity contribution in [2.75, 3.05) is 5.32 Å². The highest BCUT2D eigenvalue weighted by Gasteiger charge is 2.23. The number of carbonyl (C=O) groups excluding carboxylic acids is 1. The number of amides is 2. The van der Waals surface area contributed by atoms with E-state index in [9.17, 15) is 9.59 Å². The van der Waals surface area contributed by atoms with Gasteiger partial charge in [-0.2, -0.15) is 0 Å². The molecule has 1 aromatic carbocycles. The Bertz CT molecular complexity index is 506. The van der Waals surface area contributed by atoms with E-state index in [1.165, 1.54) is 0 Å². The van der Waals surface area contributed by atoms with E-state index >= 15 is 0 Å². The Hall–Kier alpha value is -1.56. The first kappa shape index (κ1) is 16.5. The van der Waals surface area contributed by atoms with Crippen LogP contribution in [0, 0.1) is 19.8 Å². The fourth-order valence-electron chi connectivity index (χ4n) is 1.84. The largest absolute Gasteiger partial charge is 0.480 e. The Balaban J connectivity index is 2.78. The molecule has 0 unspecified atom stereocenters. The van der Waals surface area contributed by atoms with Crippen LogP contribution in [0.25, 0.3) is 0 Å². The number of hydrogen-bond acceptors (Lipinski definition) is 2. The zero-order valence-electron chi connectivity index (χ0n) is 12.0. The topological polar surface area (TPSA) is 78.4 Å². The van der Waals surface area contributed by atoms with Crippen LogP contribution in [0.4, 0.5) is 10.5 Å². The Kier molecular flexibility index (Phi) is 5.56. The van der Waals surface area contributed by atoms with Crippen molar-refractivity contribution >= 4 is 33.6 Å². The second-order valence-electron chi connectivity index (χ2n) is 5.08. The second kappa shape index (κ2) is 6.74. The minimum absolute atomic E-state index is 0.188. The smallest absolute Gasteiger partial charge is 0.326 e. The summed E-state index contributed by atoms with van der Waals surface area (Å²) >= 11 is 3.45. The molecule has 0 aliphatic rings. The lowest BCUT2D eigenvalue weighted by Crippen LogP contribution is -2.46. The minimum Gasteiger partial charge on any atom is -0.480 e. The van der Waals surface area contributed by atoms with Gasteiger partial charge < -0.3 is 15.7 Å². The Labute approximate surface area is 126 Å². The number of aryl methyl sites for hydroxylation is 2. The van der Waals surface area contributed by atoms with Crippen molar-refractivity contribution in [3.8, 4) is 0 Å². The maximum Gasteiger partial charge on any atom is 0.326 e. The summed E-state index contributed by atoms with van der Waals surface area (Å²) in [6.07, 6.45) is 0. The lowest BCUT2D eigenvalue weighted by atomic mass is 10.1. The second-order valence-corrected chi connectivity index (χ2v) is 5.88. The average Bonchev–Trinajstić information content (AvgIpc) is 2.32. The summed E-state index contributed by atoms with van der Waals surface area (Å²) in [5.74, 6) is -1.23. The van der Waals surface area contributed by atoms with Gasteiger partial charge in [-0.15, -0.1) is 0 Å². The number of hydrogen-bond donors (Lipinski definition) is 3. The van der Waals surface area contributed by atoms with Gasteiger partial charge in [-0.1, -0.05) is 29.8 Å². The van der Waals surface area contributed by atoms with E-state index < -0.39 is 18.0 Å². The van der Waals surface area contributed by atoms with Gasteiger partial charge in [0.15, 0.2) is 0 Å². The summed E-state index contributed by atoms with van der Waals surface area (Å²) in [5, 5.41) is 14.1. The molecule has 1 atom stereocenters. The van der Waals surface area contributed by atoms with Gasteiger partial charge >= 0.3 is 12.0 Å². The maximum atomic E-state index is 11.8. The highest BCUT2D eigenvalue weighted by atomic mass is 79.9. The van der Waals surface area contributed by atoms with E-state index in [2.05, 4.69) is 26.6 Å². The third-order valence-electron chi connectivity index (χ3n) is 2.91. The summed E-state index contributed by atoms with van der Waals surface area (Å²) < 4.78 is 0.994. The normalized spacial score (nSPS) is 12.1. The molecule has 2 amide bonds. The van der Waals surface area contributed by atoms with E-state index in [4.69, 9.17) is 5.11 Å². The summed E-state index contributed by atoms with van der Waals surface area (Å²) in [7, 11) is 0. The average molecular weight is 343 g/mol. The molecule has 20 heavy (non-hydrogen) atoms. The van der Waals surface area contributed by atoms with E-state index in [0.29, 0.717) is 5.69 Å². The molecule has 0 saturated carbocycles. The monoisotopic (exact) mass is 342 g/mol. The molecule has 0 aromatic heterocycles. The Morgan fingerprint density at radius 2 is 1.70 bits per heavy atom. The minimum atomic E-state index is -1.04. The fourth-order valence-corrected chi connectivity index (χ4v) is 2.07. The number of anilines is 1. The highest BCUT2D eigenvalue weighted by Crippen LogP contribution is 2.24. The van der Waals surface area contributed by atoms with Crippen molar-refractivity contribution < 1.29 is 14.7 Å². The zero-order valence-corrected chi connectivity index (χ0v) is 13.5. The van der Waals surface area contributed by atoms with E-state index in [1.54, 1.807) is 13.8 Å². The van der Waals surface area contributed by atoms with Crippen LogP contribution < -0.4 is 10.6 Å². The lowest BCUT2D eigenvalue weighted by Gasteiger charge is -2.18. The summed E-state index contributed by atoms with van der Waals surface area (Å²) in [6.45, 7) is 7.34. The molecule has 5 nitrogen and oxygen atoms in total. The van der Waals surface area contributed by atoms with Crippen LogP contribution in [-0.2, 0) is 4.79 Å². The molecule has 0 bridgehead atoms. The van der Waals surface area contributed by atoms with Gasteiger partial charge in [0.1, 0.15) is 6.04 Å². The number of carboxylic acid groups (broad SMARTS) is 1. The third-order valence-corrected chi connectivity index (χ3v) is 4.16. The number of benzene rings is 1. The highest BCUT2D eigenvalue weighted by molar-refractivity contribution is 9.10. The van der Waals surface area contributed by atoms with Crippen molar-refractivity contribution in [1.82, 2.24) is 5.32 Å². The number of halogens is 1. The molecule has 6 heteroatoms. The molecule has 110 valence electrons. The molecular formula is C14H19BrN2O3. The van der Waals surface area contributed by atoms with Crippen LogP contribution in [0.15, 0.2) is 16.6 Å². The van der Waals surface area contributed by atoms with Crippen molar-refractivity contribution in [1.29, 1.82) is 0 Å². The third kappa shape index (κ3) is 4.23. The molecule has 1 aromatic rings. The van der Waals surface area contributed by atoms with Crippen molar-refractivity contribution in [2.45, 2.75) is 33.7 Å². The van der Waals surface area contributed by atoms with Crippen LogP contribution in [-0.4, -0.2) is 23.1 Å². The van der Waals surface area contributed by atoms with E-state index in [1.807, 2.05) is 26.0 Å². The summed E-state index contributed by atoms with van der Waals surface area (Å²) in [6, 6.07) is 2.21. The summed E-state index contributed by atoms with van der Waals surface area (Å²) in [4.78, 5) is 22.9. The number of carboxylic acids is 1. The van der Waals surface area contributed by atoms with Crippen LogP contribution in [0.1, 0.15) is 25.0 Å². The van der Waals surface area contributed by atoms with Crippen molar-refractivity contribution in [2.24, 2.45) is 5.92 Å². The fraction of sp³-hybridized carbons (Fsp3) is 0.429. The first-order valence-corrected chi connectivity index (χ1v) is 7.08. The first-order chi connectivity index (χ1) is 9.22. The van der Waals surface area contributed by atoms with Gasteiger partial charge in [0.25, 0.3) is 0 Å². The summed E-state index contributed by atoms with van der Waals surface area (Å²) in [5.41, 5.74) is 2.63. The SMILES string of the molecule is Cc1cc(NC(=O)N[C@H](C(=O)O)C(C)C)cc(C)c1Br. The first-order valence-electron chi connectivity index (χ1n) is 6.29. The number of rotatable bonds is 4. The molecule has 0 spiro atoms. The predicted molar refractivity (Wildman–Crippen MR) is 82.0 cm³/mol. The number of urea groups is 1. The maximum absolute atomic E-state index is 11.8. The van der Waals surface area contributed by atoms with E-state index in [0.717, 1.165) is 15.6 Å². The molecule has 0 saturated heterocycles. The van der Waals surface area contributed by atoms with Gasteiger partial charge in [-0.05, 0) is 43.0 Å². The zero-order chi connectivity index (χ0) is 15.4. The molecule has 0 radical (unpaired) electrons. The van der Waals surface area contributed by atoms with Crippen molar-refractivity contribution in [3.05, 3.63) is 27.7 Å². The van der Waals surface area contributed by atoms with Gasteiger partial charge in [-0.25, -0.2) is 9.59 Å². The van der Waals surface area contributed by atoms with Crippen LogP contribution in [0.3, 0.4) is 0 Å². The number of aliphatic carboxylic acids is 1. The van der Waals surface area contributed by atoms with Gasteiger partial charge in [0, 0.05) is 10.2 Å². The van der Waals surface area contributed by atoms with Crippen LogP contribution >= 0.6 is 15.9 Å². The predicted octanol–water partition coefficient (Wildman–Crippen LogP) is 3.30. The van der Waals surface area contributed by atoms with Crippen LogP contribution in [0.5, 0.6) is 0 Å². The standard InChI is InChI=1S/C14H19BrN2O3/c1-7(2)12(13(18)19)17-14(20)16-10-5-8(3)11(15)9(4)6-10/h5-7,12H,1-4H3,(H,18,19)(H2,16,17,20)/t12-/m0/s1. The molecule has 3 N–H and O–H groups in total. The quantitative estimate of drug-likeness (QED) is 0.785. The molecule has 0 aliphatic heterocycles. The molecule has 1 rings (SSSR count). The Morgan fingerprint density at radius 3 is 2.10 bits per heavy atom. The van der Waals surface area contributed by atoms with Gasteiger partial charge in [0.05, 0.1) is 0 Å². The van der Waals surface area contributed by atoms with E-state index in [-0.39, 0.29) is 5.92 Å². The lowest BCUT2D eigenvalue weighted by molar-refractivity contribution is -0.140. The van der Waals surface area contributed by atoms with Crippen LogP contribution in [0.2, 0.25) is 0 Å².